The van der Waals surface area contributed by atoms with Crippen molar-refractivity contribution in [1.29, 1.82) is 0 Å². The Kier molecular flexibility index (Phi) is 6.10. The summed E-state index contributed by atoms with van der Waals surface area (Å²) in [5.41, 5.74) is 1.39. The van der Waals surface area contributed by atoms with Crippen LogP contribution in [0.15, 0.2) is 23.8 Å². The van der Waals surface area contributed by atoms with Gasteiger partial charge in [-0.25, -0.2) is 0 Å². The van der Waals surface area contributed by atoms with E-state index in [1.165, 1.54) is 11.5 Å². The molecule has 0 saturated carbocycles. The summed E-state index contributed by atoms with van der Waals surface area (Å²) in [7, 11) is 0. The molecule has 0 nitrogen and oxygen atoms in total. The molecular formula is C7H9F2Zr. The average Bonchev–Trinajstić information content (AvgIpc) is 2.19. The van der Waals surface area contributed by atoms with Gasteiger partial charge >= 0.3 is 29.7 Å². The molecule has 0 aromatic carbocycles. The van der Waals surface area contributed by atoms with Gasteiger partial charge in [0.2, 0.25) is 0 Å². The van der Waals surface area contributed by atoms with Crippen LogP contribution in [0.2, 0.25) is 0 Å². The van der Waals surface area contributed by atoms with Gasteiger partial charge in [-0.3, -0.25) is 0 Å². The normalized spacial score (nSPS) is 15.8. The van der Waals surface area contributed by atoms with Crippen LogP contribution < -0.4 is 0 Å². The third-order valence-electron chi connectivity index (χ3n) is 1.31. The Morgan fingerprint density at radius 2 is 1.80 bits per heavy atom. The predicted molar refractivity (Wildman–Crippen MR) is 34.0 cm³/mol. The zero-order valence-electron chi connectivity index (χ0n) is 5.99. The predicted octanol–water partition coefficient (Wildman–Crippen LogP) is 2.93. The van der Waals surface area contributed by atoms with Crippen LogP contribution in [0.5, 0.6) is 0 Å². The van der Waals surface area contributed by atoms with E-state index in [4.69, 9.17) is 0 Å². The molecule has 10 heavy (non-hydrogen) atoms. The van der Waals surface area contributed by atoms with Crippen LogP contribution in [0.3, 0.4) is 0 Å². The molecular weight excluding hydrogens is 213 g/mol. The topological polar surface area (TPSA) is 0 Å². The quantitative estimate of drug-likeness (QED) is 0.591. The van der Waals surface area contributed by atoms with Crippen LogP contribution in [0.1, 0.15) is 13.8 Å². The fourth-order valence-electron chi connectivity index (χ4n) is 0.600. The van der Waals surface area contributed by atoms with Crippen LogP contribution >= 0.6 is 0 Å². The Morgan fingerprint density at radius 1 is 1.30 bits per heavy atom. The Bertz CT molecular complexity index is 141. The van der Waals surface area contributed by atoms with Gasteiger partial charge < -0.3 is 0 Å². The molecule has 0 saturated heterocycles. The second kappa shape index (κ2) is 5.97. The maximum absolute atomic E-state index is 9.80. The maximum atomic E-state index is 9.80. The molecule has 0 aliphatic heterocycles. The molecule has 0 unspecified atom stereocenters. The van der Waals surface area contributed by atoms with Gasteiger partial charge in [0, 0.05) is 5.92 Å². The number of allylic oxidation sites excluding steroid dienone is 4. The van der Waals surface area contributed by atoms with Gasteiger partial charge in [0.15, 0.2) is 0 Å². The first-order valence-corrected chi connectivity index (χ1v) is 4.73. The molecule has 0 spiro atoms. The monoisotopic (exact) mass is 221 g/mol. The van der Waals surface area contributed by atoms with Crippen molar-refractivity contribution in [3.63, 3.8) is 0 Å². The van der Waals surface area contributed by atoms with Crippen molar-refractivity contribution in [3.8, 4) is 0 Å². The van der Waals surface area contributed by atoms with Gasteiger partial charge in [-0.15, -0.1) is 0 Å². The van der Waals surface area contributed by atoms with Crippen molar-refractivity contribution in [3.05, 3.63) is 29.7 Å². The van der Waals surface area contributed by atoms with E-state index in [1.54, 1.807) is 0 Å². The fraction of sp³-hybridized carbons (Fsp3) is 0.286. The zero-order chi connectivity index (χ0) is 7.98. The van der Waals surface area contributed by atoms with E-state index in [1.807, 2.05) is 0 Å². The van der Waals surface area contributed by atoms with E-state index >= 15 is 0 Å². The molecule has 0 atom stereocenters. The second-order valence-electron chi connectivity index (χ2n) is 1.96. The van der Waals surface area contributed by atoms with E-state index in [0.29, 0.717) is 0 Å². The van der Waals surface area contributed by atoms with Gasteiger partial charge in [-0.1, -0.05) is 30.7 Å². The summed E-state index contributed by atoms with van der Waals surface area (Å²) in [6, 6.07) is 0. The third kappa shape index (κ3) is 4.11. The summed E-state index contributed by atoms with van der Waals surface area (Å²) in [5.74, 6) is 1.39. The van der Waals surface area contributed by atoms with E-state index in [0.717, 1.165) is 0 Å². The minimum atomic E-state index is -2.77. The van der Waals surface area contributed by atoms with E-state index in [2.05, 4.69) is 32.1 Å². The number of hydrogen-bond acceptors (Lipinski definition) is 0. The average molecular weight is 222 g/mol. The van der Waals surface area contributed by atoms with Crippen LogP contribution in [-0.4, -0.2) is 0 Å². The first-order chi connectivity index (χ1) is 4.72. The summed E-state index contributed by atoms with van der Waals surface area (Å²) in [6.45, 7) is 4.24. The summed E-state index contributed by atoms with van der Waals surface area (Å²) in [5, 5.41) is 0. The molecule has 55 valence electrons. The van der Waals surface area contributed by atoms with Crippen LogP contribution in [0.4, 0.5) is 5.25 Å². The molecule has 1 aliphatic rings. The Morgan fingerprint density at radius 3 is 1.90 bits per heavy atom. The molecule has 0 aromatic rings. The SMILES string of the molecule is C[C]1C=CC=C1C.[F][Zr][F]. The van der Waals surface area contributed by atoms with Crippen LogP contribution in [0.25, 0.3) is 0 Å². The number of halogens is 2. The van der Waals surface area contributed by atoms with Crippen LogP contribution in [-0.2, 0) is 24.5 Å². The van der Waals surface area contributed by atoms with Gasteiger partial charge in [-0.2, -0.15) is 0 Å². The third-order valence-corrected chi connectivity index (χ3v) is 1.31. The fourth-order valence-corrected chi connectivity index (χ4v) is 0.600. The van der Waals surface area contributed by atoms with Gasteiger partial charge in [0.1, 0.15) is 0 Å². The van der Waals surface area contributed by atoms with Crippen molar-refractivity contribution < 1.29 is 29.7 Å². The Hall–Kier alpha value is 0.223. The molecule has 0 fully saturated rings. The second-order valence-corrected chi connectivity index (χ2v) is 2.31. The minimum absolute atomic E-state index is 1.39. The number of rotatable bonds is 0. The van der Waals surface area contributed by atoms with Crippen molar-refractivity contribution >= 4 is 0 Å². The van der Waals surface area contributed by atoms with Crippen LogP contribution in [0, 0.1) is 5.92 Å². The molecule has 1 aliphatic carbocycles. The van der Waals surface area contributed by atoms with Gasteiger partial charge in [-0.05, 0) is 6.92 Å². The van der Waals surface area contributed by atoms with Gasteiger partial charge in [0.05, 0.1) is 0 Å². The van der Waals surface area contributed by atoms with Crippen molar-refractivity contribution in [2.45, 2.75) is 13.8 Å². The van der Waals surface area contributed by atoms with E-state index < -0.39 is 24.5 Å². The van der Waals surface area contributed by atoms with E-state index in [9.17, 15) is 5.25 Å². The first kappa shape index (κ1) is 10.2. The molecule has 0 heterocycles. The molecule has 1 radical (unpaired) electrons. The first-order valence-electron chi connectivity index (χ1n) is 2.87. The molecule has 1 rings (SSSR count). The summed E-state index contributed by atoms with van der Waals surface area (Å²) in [4.78, 5) is 0. The summed E-state index contributed by atoms with van der Waals surface area (Å²) < 4.78 is 19.6. The standard InChI is InChI=1S/C7H9.2FH.Zr/c1-6-4-3-5-7(6)2;;;/h3-5H,1-2H3;2*1H;/q;;;+2/p-2. The van der Waals surface area contributed by atoms with Crippen molar-refractivity contribution in [1.82, 2.24) is 0 Å². The summed E-state index contributed by atoms with van der Waals surface area (Å²) in [6.07, 6.45) is 6.31. The number of hydrogen-bond donors (Lipinski definition) is 0. The molecule has 0 amide bonds. The Balaban J connectivity index is 0.000000236. The molecule has 0 aromatic heterocycles. The molecule has 0 N–H and O–H groups in total. The van der Waals surface area contributed by atoms with E-state index in [-0.39, 0.29) is 0 Å². The molecule has 0 bridgehead atoms. The van der Waals surface area contributed by atoms with Gasteiger partial charge in [0.25, 0.3) is 0 Å². The van der Waals surface area contributed by atoms with Crippen molar-refractivity contribution in [2.24, 2.45) is 0 Å². The Labute approximate surface area is 73.3 Å². The zero-order valence-corrected chi connectivity index (χ0v) is 8.45. The summed E-state index contributed by atoms with van der Waals surface area (Å²) >= 11 is -2.77. The van der Waals surface area contributed by atoms with Crippen molar-refractivity contribution in [2.75, 3.05) is 0 Å². The molecule has 3 heteroatoms.